The van der Waals surface area contributed by atoms with Gasteiger partial charge in [0, 0.05) is 22.1 Å². The van der Waals surface area contributed by atoms with Gasteiger partial charge in [0.15, 0.2) is 0 Å². The van der Waals surface area contributed by atoms with Crippen LogP contribution in [-0.2, 0) is 0 Å². The van der Waals surface area contributed by atoms with Gasteiger partial charge in [0.1, 0.15) is 0 Å². The fraction of sp³-hybridized carbons (Fsp3) is 0.600. The van der Waals surface area contributed by atoms with E-state index in [0.717, 1.165) is 16.2 Å². The molecule has 1 aliphatic rings. The van der Waals surface area contributed by atoms with Gasteiger partial charge in [0.05, 0.1) is 0 Å². The lowest BCUT2D eigenvalue weighted by atomic mass is 9.91. The van der Waals surface area contributed by atoms with Crippen molar-refractivity contribution in [2.45, 2.75) is 43.1 Å². The highest BCUT2D eigenvalue weighted by Gasteiger charge is 2.24. The largest absolute Gasteiger partial charge is 0.329 e. The van der Waals surface area contributed by atoms with Crippen LogP contribution in [0, 0.1) is 5.92 Å². The van der Waals surface area contributed by atoms with E-state index in [1.807, 2.05) is 30.0 Å². The minimum atomic E-state index is 0.342. The van der Waals surface area contributed by atoms with Crippen LogP contribution in [0.4, 0.5) is 0 Å². The number of nitrogens with two attached hydrogens (primary N) is 1. The van der Waals surface area contributed by atoms with Gasteiger partial charge in [-0.05, 0) is 30.4 Å². The Balaban J connectivity index is 2.03. The number of hydrogen-bond acceptors (Lipinski definition) is 2. The molecule has 1 fully saturated rings. The van der Waals surface area contributed by atoms with Crippen LogP contribution >= 0.6 is 23.4 Å². The van der Waals surface area contributed by atoms with Crippen molar-refractivity contribution in [3.05, 3.63) is 34.9 Å². The van der Waals surface area contributed by atoms with Crippen molar-refractivity contribution < 1.29 is 0 Å². The van der Waals surface area contributed by atoms with Crippen molar-refractivity contribution >= 4 is 23.4 Å². The lowest BCUT2D eigenvalue weighted by Crippen LogP contribution is -2.19. The Morgan fingerprint density at radius 2 is 2.17 bits per heavy atom. The zero-order chi connectivity index (χ0) is 13.0. The van der Waals surface area contributed by atoms with Gasteiger partial charge in [-0.2, -0.15) is 0 Å². The maximum absolute atomic E-state index is 6.28. The lowest BCUT2D eigenvalue weighted by molar-refractivity contribution is 0.393. The molecule has 0 bridgehead atoms. The predicted octanol–water partition coefficient (Wildman–Crippen LogP) is 4.65. The van der Waals surface area contributed by atoms with E-state index >= 15 is 0 Å². The molecule has 1 saturated carbocycles. The average molecular weight is 284 g/mol. The second kappa shape index (κ2) is 6.83. The quantitative estimate of drug-likeness (QED) is 0.870. The zero-order valence-electron chi connectivity index (χ0n) is 10.9. The molecule has 0 spiro atoms. The molecule has 0 aromatic heterocycles. The van der Waals surface area contributed by atoms with Crippen LogP contribution in [0.1, 0.15) is 43.4 Å². The smallest absolute Gasteiger partial charge is 0.0449 e. The van der Waals surface area contributed by atoms with E-state index in [0.29, 0.717) is 11.8 Å². The van der Waals surface area contributed by atoms with Crippen LogP contribution in [-0.4, -0.2) is 11.8 Å². The molecule has 3 unspecified atom stereocenters. The number of halogens is 1. The van der Waals surface area contributed by atoms with Crippen molar-refractivity contribution in [2.75, 3.05) is 6.54 Å². The van der Waals surface area contributed by atoms with Crippen molar-refractivity contribution in [1.29, 1.82) is 0 Å². The third-order valence-electron chi connectivity index (χ3n) is 3.71. The van der Waals surface area contributed by atoms with Crippen molar-refractivity contribution in [3.8, 4) is 0 Å². The van der Waals surface area contributed by atoms with Gasteiger partial charge in [-0.15, -0.1) is 11.8 Å². The summed E-state index contributed by atoms with van der Waals surface area (Å²) < 4.78 is 0. The molecule has 0 saturated heterocycles. The minimum absolute atomic E-state index is 0.342. The summed E-state index contributed by atoms with van der Waals surface area (Å²) in [6.45, 7) is 3.03. The second-order valence-electron chi connectivity index (χ2n) is 5.28. The molecular formula is C15H22ClNS. The fourth-order valence-corrected chi connectivity index (χ4v) is 4.73. The summed E-state index contributed by atoms with van der Waals surface area (Å²) in [5, 5.41) is 1.94. The summed E-state index contributed by atoms with van der Waals surface area (Å²) in [4.78, 5) is 0. The SMILES string of the molecule is CC1CCCC(SC(CN)c2ccccc2Cl)C1. The molecule has 0 heterocycles. The monoisotopic (exact) mass is 283 g/mol. The van der Waals surface area contributed by atoms with Gasteiger partial charge in [-0.1, -0.05) is 49.6 Å². The molecule has 0 radical (unpaired) electrons. The van der Waals surface area contributed by atoms with Crippen LogP contribution in [0.15, 0.2) is 24.3 Å². The highest BCUT2D eigenvalue weighted by molar-refractivity contribution is 8.00. The molecule has 1 aliphatic carbocycles. The van der Waals surface area contributed by atoms with Crippen LogP contribution in [0.5, 0.6) is 0 Å². The van der Waals surface area contributed by atoms with Crippen LogP contribution in [0.25, 0.3) is 0 Å². The highest BCUT2D eigenvalue weighted by Crippen LogP contribution is 2.41. The van der Waals surface area contributed by atoms with E-state index in [2.05, 4.69) is 13.0 Å². The molecule has 0 aliphatic heterocycles. The van der Waals surface area contributed by atoms with Crippen molar-refractivity contribution in [3.63, 3.8) is 0 Å². The molecule has 18 heavy (non-hydrogen) atoms. The van der Waals surface area contributed by atoms with Gasteiger partial charge in [0.2, 0.25) is 0 Å². The Labute approximate surface area is 119 Å². The third kappa shape index (κ3) is 3.66. The molecule has 1 aromatic carbocycles. The minimum Gasteiger partial charge on any atom is -0.329 e. The first-order chi connectivity index (χ1) is 8.70. The summed E-state index contributed by atoms with van der Waals surface area (Å²) in [6, 6.07) is 8.10. The Morgan fingerprint density at radius 1 is 1.39 bits per heavy atom. The molecule has 1 aromatic rings. The third-order valence-corrected chi connectivity index (χ3v) is 5.64. The normalized spacial score (nSPS) is 25.9. The molecule has 0 amide bonds. The van der Waals surface area contributed by atoms with Gasteiger partial charge < -0.3 is 5.73 Å². The molecule has 2 rings (SSSR count). The van der Waals surface area contributed by atoms with Gasteiger partial charge in [0.25, 0.3) is 0 Å². The highest BCUT2D eigenvalue weighted by atomic mass is 35.5. The number of hydrogen-bond donors (Lipinski definition) is 1. The van der Waals surface area contributed by atoms with E-state index in [-0.39, 0.29) is 0 Å². The first-order valence-corrected chi connectivity index (χ1v) is 8.12. The van der Waals surface area contributed by atoms with Crippen molar-refractivity contribution in [2.24, 2.45) is 11.7 Å². The topological polar surface area (TPSA) is 26.0 Å². The Hall–Kier alpha value is -0.180. The number of thioether (sulfide) groups is 1. The Morgan fingerprint density at radius 3 is 2.83 bits per heavy atom. The summed E-state index contributed by atoms with van der Waals surface area (Å²) >= 11 is 8.30. The van der Waals surface area contributed by atoms with Crippen LogP contribution in [0.2, 0.25) is 5.02 Å². The van der Waals surface area contributed by atoms with E-state index in [4.69, 9.17) is 17.3 Å². The molecular weight excluding hydrogens is 262 g/mol. The van der Waals surface area contributed by atoms with Gasteiger partial charge >= 0.3 is 0 Å². The van der Waals surface area contributed by atoms with E-state index in [9.17, 15) is 0 Å². The standard InChI is InChI=1S/C15H22ClNS/c1-11-5-4-6-12(9-11)18-15(10-17)13-7-2-3-8-14(13)16/h2-3,7-8,11-12,15H,4-6,9-10,17H2,1H3. The number of rotatable bonds is 4. The molecule has 100 valence electrons. The summed E-state index contributed by atoms with van der Waals surface area (Å²) in [5.41, 5.74) is 7.15. The van der Waals surface area contributed by atoms with Gasteiger partial charge in [-0.25, -0.2) is 0 Å². The van der Waals surface area contributed by atoms with Crippen LogP contribution in [0.3, 0.4) is 0 Å². The first-order valence-electron chi connectivity index (χ1n) is 6.80. The number of benzene rings is 1. The fourth-order valence-electron chi connectivity index (χ4n) is 2.73. The molecule has 2 N–H and O–H groups in total. The molecule has 3 atom stereocenters. The Bertz CT molecular complexity index is 383. The lowest BCUT2D eigenvalue weighted by Gasteiger charge is -2.29. The first kappa shape index (κ1) is 14.2. The van der Waals surface area contributed by atoms with Gasteiger partial charge in [-0.3, -0.25) is 0 Å². The average Bonchev–Trinajstić information content (AvgIpc) is 2.37. The summed E-state index contributed by atoms with van der Waals surface area (Å²) in [5.74, 6) is 0.862. The maximum atomic E-state index is 6.28. The predicted molar refractivity (Wildman–Crippen MR) is 82.3 cm³/mol. The molecule has 1 nitrogen and oxygen atoms in total. The van der Waals surface area contributed by atoms with Crippen LogP contribution < -0.4 is 5.73 Å². The summed E-state index contributed by atoms with van der Waals surface area (Å²) in [7, 11) is 0. The van der Waals surface area contributed by atoms with E-state index < -0.39 is 0 Å². The maximum Gasteiger partial charge on any atom is 0.0449 e. The Kier molecular flexibility index (Phi) is 5.40. The van der Waals surface area contributed by atoms with Crippen molar-refractivity contribution in [1.82, 2.24) is 0 Å². The molecule has 3 heteroatoms. The van der Waals surface area contributed by atoms with E-state index in [1.54, 1.807) is 0 Å². The summed E-state index contributed by atoms with van der Waals surface area (Å²) in [6.07, 6.45) is 5.40. The zero-order valence-corrected chi connectivity index (χ0v) is 12.5. The second-order valence-corrected chi connectivity index (χ2v) is 7.19. The van der Waals surface area contributed by atoms with E-state index in [1.165, 1.54) is 31.2 Å².